The van der Waals surface area contributed by atoms with Crippen molar-refractivity contribution in [2.45, 2.75) is 38.6 Å². The molecule has 0 aromatic rings. The topological polar surface area (TPSA) is 70.2 Å². The van der Waals surface area contributed by atoms with Gasteiger partial charge in [-0.15, -0.1) is 0 Å². The summed E-state index contributed by atoms with van der Waals surface area (Å²) in [5.41, 5.74) is 0.198. The second kappa shape index (κ2) is 5.04. The zero-order chi connectivity index (χ0) is 12.3. The molecule has 0 spiro atoms. The Bertz CT molecular complexity index is 311. The largest absolute Gasteiger partial charge is 0.354 e. The highest BCUT2D eigenvalue weighted by atomic mass is 16.2. The maximum Gasteiger partial charge on any atom is 0.242 e. The molecule has 0 aromatic carbocycles. The van der Waals surface area contributed by atoms with Gasteiger partial charge >= 0.3 is 0 Å². The lowest BCUT2D eigenvalue weighted by Gasteiger charge is -2.34. The highest BCUT2D eigenvalue weighted by molar-refractivity contribution is 5.90. The first-order valence-electron chi connectivity index (χ1n) is 6.37. The molecule has 2 rings (SSSR count). The van der Waals surface area contributed by atoms with Crippen LogP contribution in [-0.4, -0.2) is 37.5 Å². The Morgan fingerprint density at radius 2 is 2.18 bits per heavy atom. The van der Waals surface area contributed by atoms with Crippen LogP contribution in [0.2, 0.25) is 0 Å². The van der Waals surface area contributed by atoms with Gasteiger partial charge in [0.1, 0.15) is 6.04 Å². The average Bonchev–Trinajstić information content (AvgIpc) is 2.74. The Hall–Kier alpha value is -1.10. The van der Waals surface area contributed by atoms with Gasteiger partial charge in [-0.25, -0.2) is 0 Å². The van der Waals surface area contributed by atoms with Crippen LogP contribution >= 0.6 is 0 Å². The summed E-state index contributed by atoms with van der Waals surface area (Å²) in [5.74, 6) is -0.0474. The minimum Gasteiger partial charge on any atom is -0.354 e. The van der Waals surface area contributed by atoms with Crippen LogP contribution in [0.15, 0.2) is 0 Å². The lowest BCUT2D eigenvalue weighted by molar-refractivity contribution is -0.126. The molecule has 17 heavy (non-hydrogen) atoms. The maximum atomic E-state index is 11.8. The van der Waals surface area contributed by atoms with Gasteiger partial charge in [0.05, 0.1) is 0 Å². The van der Waals surface area contributed by atoms with Crippen LogP contribution in [0.25, 0.3) is 0 Å². The van der Waals surface area contributed by atoms with Crippen molar-refractivity contribution in [3.05, 3.63) is 0 Å². The van der Waals surface area contributed by atoms with E-state index in [1.54, 1.807) is 0 Å². The van der Waals surface area contributed by atoms with Crippen LogP contribution < -0.4 is 16.0 Å². The summed E-state index contributed by atoms with van der Waals surface area (Å²) in [4.78, 5) is 22.9. The third-order valence-electron chi connectivity index (χ3n) is 3.81. The molecule has 1 atom stereocenters. The summed E-state index contributed by atoms with van der Waals surface area (Å²) in [6.45, 7) is 4.96. The summed E-state index contributed by atoms with van der Waals surface area (Å²) in [6, 6.07) is -0.312. The van der Waals surface area contributed by atoms with Gasteiger partial charge in [-0.2, -0.15) is 0 Å². The van der Waals surface area contributed by atoms with E-state index in [-0.39, 0.29) is 23.3 Å². The van der Waals surface area contributed by atoms with E-state index in [2.05, 4.69) is 22.9 Å². The molecular formula is C12H21N3O2. The Balaban J connectivity index is 1.77. The quantitative estimate of drug-likeness (QED) is 0.637. The molecular weight excluding hydrogens is 218 g/mol. The second-order valence-electron chi connectivity index (χ2n) is 5.44. The second-order valence-corrected chi connectivity index (χ2v) is 5.44. The summed E-state index contributed by atoms with van der Waals surface area (Å²) in [7, 11) is 0. The first kappa shape index (κ1) is 12.4. The Morgan fingerprint density at radius 1 is 1.47 bits per heavy atom. The number of piperidine rings is 1. The van der Waals surface area contributed by atoms with Crippen LogP contribution in [0.1, 0.15) is 32.6 Å². The van der Waals surface area contributed by atoms with Gasteiger partial charge in [0.15, 0.2) is 0 Å². The predicted octanol–water partition coefficient (Wildman–Crippen LogP) is -0.229. The number of hydrogen-bond acceptors (Lipinski definition) is 3. The zero-order valence-electron chi connectivity index (χ0n) is 10.3. The van der Waals surface area contributed by atoms with E-state index in [0.29, 0.717) is 19.4 Å². The highest BCUT2D eigenvalue weighted by Crippen LogP contribution is 2.26. The Morgan fingerprint density at radius 3 is 2.76 bits per heavy atom. The lowest BCUT2D eigenvalue weighted by atomic mass is 9.81. The van der Waals surface area contributed by atoms with Gasteiger partial charge in [-0.3, -0.25) is 9.59 Å². The van der Waals surface area contributed by atoms with Crippen LogP contribution in [0.4, 0.5) is 0 Å². The Kier molecular flexibility index (Phi) is 3.66. The lowest BCUT2D eigenvalue weighted by Crippen LogP contribution is -2.47. The fourth-order valence-corrected chi connectivity index (χ4v) is 2.44. The van der Waals surface area contributed by atoms with E-state index in [9.17, 15) is 9.59 Å². The summed E-state index contributed by atoms with van der Waals surface area (Å²) >= 11 is 0. The van der Waals surface area contributed by atoms with Crippen molar-refractivity contribution in [2.24, 2.45) is 5.41 Å². The summed E-state index contributed by atoms with van der Waals surface area (Å²) in [5, 5.41) is 8.98. The molecule has 1 unspecified atom stereocenters. The molecule has 96 valence electrons. The molecule has 0 aromatic heterocycles. The van der Waals surface area contributed by atoms with Crippen molar-refractivity contribution in [1.29, 1.82) is 0 Å². The fraction of sp³-hybridized carbons (Fsp3) is 0.833. The molecule has 2 heterocycles. The van der Waals surface area contributed by atoms with E-state index < -0.39 is 0 Å². The van der Waals surface area contributed by atoms with Gasteiger partial charge in [0.2, 0.25) is 11.8 Å². The molecule has 5 nitrogen and oxygen atoms in total. The number of nitrogens with one attached hydrogen (secondary N) is 3. The van der Waals surface area contributed by atoms with Crippen LogP contribution in [0.5, 0.6) is 0 Å². The van der Waals surface area contributed by atoms with Crippen molar-refractivity contribution >= 4 is 11.8 Å². The minimum absolute atomic E-state index is 0.0155. The van der Waals surface area contributed by atoms with Gasteiger partial charge in [0.25, 0.3) is 0 Å². The third kappa shape index (κ3) is 3.19. The van der Waals surface area contributed by atoms with Crippen molar-refractivity contribution in [1.82, 2.24) is 16.0 Å². The molecule has 0 saturated carbocycles. The van der Waals surface area contributed by atoms with Crippen molar-refractivity contribution in [2.75, 3.05) is 19.6 Å². The van der Waals surface area contributed by atoms with Crippen LogP contribution in [-0.2, 0) is 9.59 Å². The van der Waals surface area contributed by atoms with Gasteiger partial charge in [0, 0.05) is 13.0 Å². The number of hydrogen-bond donors (Lipinski definition) is 3. The molecule has 2 saturated heterocycles. The molecule has 2 aliphatic rings. The van der Waals surface area contributed by atoms with E-state index in [4.69, 9.17) is 0 Å². The monoisotopic (exact) mass is 239 g/mol. The standard InChI is InChI=1S/C12H21N3O2/c1-12(4-6-13-7-5-12)8-14-11(17)9-2-3-10(16)15-9/h9,13H,2-8H2,1H3,(H,14,17)(H,15,16). The molecule has 3 N–H and O–H groups in total. The number of rotatable bonds is 3. The van der Waals surface area contributed by atoms with E-state index in [1.165, 1.54) is 0 Å². The number of carbonyl (C=O) groups is 2. The van der Waals surface area contributed by atoms with E-state index >= 15 is 0 Å². The zero-order valence-corrected chi connectivity index (χ0v) is 10.3. The maximum absolute atomic E-state index is 11.8. The van der Waals surface area contributed by atoms with Gasteiger partial charge in [-0.05, 0) is 37.8 Å². The molecule has 0 radical (unpaired) electrons. The van der Waals surface area contributed by atoms with Gasteiger partial charge < -0.3 is 16.0 Å². The molecule has 5 heteroatoms. The van der Waals surface area contributed by atoms with E-state index in [0.717, 1.165) is 25.9 Å². The summed E-state index contributed by atoms with van der Waals surface area (Å²) < 4.78 is 0. The molecule has 0 bridgehead atoms. The Labute approximate surface area is 102 Å². The average molecular weight is 239 g/mol. The first-order chi connectivity index (χ1) is 8.09. The molecule has 2 fully saturated rings. The van der Waals surface area contributed by atoms with Crippen molar-refractivity contribution < 1.29 is 9.59 Å². The normalized spacial score (nSPS) is 27.6. The molecule has 2 aliphatic heterocycles. The molecule has 2 amide bonds. The predicted molar refractivity (Wildman–Crippen MR) is 64.4 cm³/mol. The van der Waals surface area contributed by atoms with Crippen molar-refractivity contribution in [3.8, 4) is 0 Å². The fourth-order valence-electron chi connectivity index (χ4n) is 2.44. The minimum atomic E-state index is -0.312. The van der Waals surface area contributed by atoms with E-state index in [1.807, 2.05) is 0 Å². The first-order valence-corrected chi connectivity index (χ1v) is 6.37. The number of carbonyl (C=O) groups excluding carboxylic acids is 2. The van der Waals surface area contributed by atoms with Crippen molar-refractivity contribution in [3.63, 3.8) is 0 Å². The highest BCUT2D eigenvalue weighted by Gasteiger charge is 2.30. The van der Waals surface area contributed by atoms with Crippen LogP contribution in [0.3, 0.4) is 0 Å². The third-order valence-corrected chi connectivity index (χ3v) is 3.81. The molecule has 0 aliphatic carbocycles. The number of amides is 2. The van der Waals surface area contributed by atoms with Gasteiger partial charge in [-0.1, -0.05) is 6.92 Å². The SMILES string of the molecule is CC1(CNC(=O)C2CCC(=O)N2)CCNCC1. The smallest absolute Gasteiger partial charge is 0.242 e. The summed E-state index contributed by atoms with van der Waals surface area (Å²) in [6.07, 6.45) is 3.27. The van der Waals surface area contributed by atoms with Crippen LogP contribution in [0, 0.1) is 5.41 Å².